The summed E-state index contributed by atoms with van der Waals surface area (Å²) >= 11 is 0. The van der Waals surface area contributed by atoms with Crippen molar-refractivity contribution in [3.05, 3.63) is 58.7 Å². The fourth-order valence-electron chi connectivity index (χ4n) is 3.86. The maximum atomic E-state index is 13.4. The fourth-order valence-corrected chi connectivity index (χ4v) is 4.80. The molecule has 158 valence electrons. The molecule has 2 aromatic rings. The molecule has 0 radical (unpaired) electrons. The molecule has 4 rings (SSSR count). The number of fused-ring (bicyclic) bond motifs is 1. The summed E-state index contributed by atoms with van der Waals surface area (Å²) in [5.41, 5.74) is 2.88. The highest BCUT2D eigenvalue weighted by Gasteiger charge is 2.38. The largest absolute Gasteiger partial charge is 0.508 e. The van der Waals surface area contributed by atoms with Crippen LogP contribution in [0.1, 0.15) is 45.9 Å². The van der Waals surface area contributed by atoms with Crippen molar-refractivity contribution in [2.45, 2.75) is 32.4 Å². The van der Waals surface area contributed by atoms with Gasteiger partial charge in [0.15, 0.2) is 0 Å². The van der Waals surface area contributed by atoms with Crippen molar-refractivity contribution >= 4 is 27.3 Å². The molecule has 7 nitrogen and oxygen atoms in total. The van der Waals surface area contributed by atoms with Gasteiger partial charge in [-0.15, -0.1) is 0 Å². The lowest BCUT2D eigenvalue weighted by Gasteiger charge is -2.28. The van der Waals surface area contributed by atoms with Crippen LogP contribution in [-0.2, 0) is 21.2 Å². The lowest BCUT2D eigenvalue weighted by molar-refractivity contribution is -0.117. The zero-order valence-electron chi connectivity index (χ0n) is 16.9. The second kappa shape index (κ2) is 7.43. The van der Waals surface area contributed by atoms with E-state index in [1.54, 1.807) is 31.2 Å². The van der Waals surface area contributed by atoms with Gasteiger partial charge in [0.2, 0.25) is 5.91 Å². The molecular weight excluding hydrogens is 404 g/mol. The van der Waals surface area contributed by atoms with Crippen LogP contribution < -0.4 is 5.32 Å². The molecule has 2 amide bonds. The number of phenols is 1. The van der Waals surface area contributed by atoms with E-state index >= 15 is 0 Å². The van der Waals surface area contributed by atoms with E-state index in [1.807, 2.05) is 6.07 Å². The molecule has 1 heterocycles. The summed E-state index contributed by atoms with van der Waals surface area (Å²) < 4.78 is 24.3. The second-order valence-corrected chi connectivity index (χ2v) is 10.4. The Balaban J connectivity index is 1.70. The van der Waals surface area contributed by atoms with Gasteiger partial charge in [-0.1, -0.05) is 24.3 Å². The van der Waals surface area contributed by atoms with Gasteiger partial charge >= 0.3 is 0 Å². The first-order chi connectivity index (χ1) is 14.1. The number of hydrogen-bond acceptors (Lipinski definition) is 5. The molecule has 1 atom stereocenters. The first kappa shape index (κ1) is 20.4. The quantitative estimate of drug-likeness (QED) is 0.736. The molecule has 1 aliphatic heterocycles. The lowest BCUT2D eigenvalue weighted by atomic mass is 10.0. The minimum atomic E-state index is -3.40. The number of sulfone groups is 1. The van der Waals surface area contributed by atoms with E-state index in [0.29, 0.717) is 22.4 Å². The van der Waals surface area contributed by atoms with E-state index in [4.69, 9.17) is 0 Å². The fraction of sp³-hybridized carbons (Fsp3) is 0.364. The Kier molecular flexibility index (Phi) is 5.05. The molecule has 1 aliphatic carbocycles. The van der Waals surface area contributed by atoms with Crippen molar-refractivity contribution in [3.8, 4) is 5.75 Å². The molecule has 0 saturated heterocycles. The van der Waals surface area contributed by atoms with Crippen LogP contribution in [-0.4, -0.2) is 42.2 Å². The molecule has 2 aromatic carbocycles. The van der Waals surface area contributed by atoms with E-state index in [-0.39, 0.29) is 35.8 Å². The molecule has 2 aliphatic rings. The van der Waals surface area contributed by atoms with E-state index < -0.39 is 15.9 Å². The number of phenolic OH excluding ortho intramolecular Hbond substituents is 1. The third-order valence-corrected chi connectivity index (χ3v) is 6.54. The number of benzene rings is 2. The number of hydrogen-bond donors (Lipinski definition) is 2. The Hall–Kier alpha value is -2.87. The van der Waals surface area contributed by atoms with Crippen LogP contribution in [0.15, 0.2) is 36.4 Å². The van der Waals surface area contributed by atoms with Crippen molar-refractivity contribution in [2.75, 3.05) is 17.3 Å². The van der Waals surface area contributed by atoms with Crippen molar-refractivity contribution in [3.63, 3.8) is 0 Å². The zero-order chi connectivity index (χ0) is 21.6. The van der Waals surface area contributed by atoms with Crippen LogP contribution in [0, 0.1) is 12.8 Å². The van der Waals surface area contributed by atoms with Gasteiger partial charge in [0.05, 0.1) is 23.0 Å². The summed E-state index contributed by atoms with van der Waals surface area (Å²) in [6.07, 6.45) is 2.86. The zero-order valence-corrected chi connectivity index (χ0v) is 17.7. The van der Waals surface area contributed by atoms with Gasteiger partial charge < -0.3 is 15.3 Å². The van der Waals surface area contributed by atoms with Gasteiger partial charge in [-0.05, 0) is 48.6 Å². The summed E-state index contributed by atoms with van der Waals surface area (Å²) in [5.74, 6) is -0.516. The molecule has 0 spiro atoms. The number of amides is 2. The van der Waals surface area contributed by atoms with Crippen LogP contribution in [0.5, 0.6) is 5.75 Å². The topological polar surface area (TPSA) is 104 Å². The highest BCUT2D eigenvalue weighted by Crippen LogP contribution is 2.37. The van der Waals surface area contributed by atoms with Gasteiger partial charge in [-0.3, -0.25) is 9.59 Å². The molecule has 2 N–H and O–H groups in total. The number of aryl methyl sites for hydroxylation is 1. The summed E-state index contributed by atoms with van der Waals surface area (Å²) in [4.78, 5) is 27.1. The van der Waals surface area contributed by atoms with Crippen LogP contribution in [0.4, 0.5) is 5.69 Å². The van der Waals surface area contributed by atoms with Crippen LogP contribution in [0.2, 0.25) is 0 Å². The van der Waals surface area contributed by atoms with Crippen molar-refractivity contribution in [1.82, 2.24) is 4.90 Å². The normalized spacial score (nSPS) is 17.0. The van der Waals surface area contributed by atoms with Crippen LogP contribution >= 0.6 is 0 Å². The predicted molar refractivity (Wildman–Crippen MR) is 113 cm³/mol. The van der Waals surface area contributed by atoms with E-state index in [0.717, 1.165) is 24.7 Å². The lowest BCUT2D eigenvalue weighted by Crippen LogP contribution is -2.34. The smallest absolute Gasteiger partial charge is 0.257 e. The van der Waals surface area contributed by atoms with Gasteiger partial charge in [-0.25, -0.2) is 8.42 Å². The SMILES string of the molecule is Cc1cc(C(CS(C)(=O)=O)N2Cc3cccc(NC(=O)C4CC4)c3C2=O)ccc1O. The summed E-state index contributed by atoms with van der Waals surface area (Å²) in [6.45, 7) is 1.98. The average Bonchev–Trinajstić information content (AvgIpc) is 3.46. The number of nitrogens with zero attached hydrogens (tertiary/aromatic N) is 1. The maximum Gasteiger partial charge on any atom is 0.257 e. The van der Waals surface area contributed by atoms with Crippen molar-refractivity contribution in [1.29, 1.82) is 0 Å². The molecule has 1 fully saturated rings. The van der Waals surface area contributed by atoms with Gasteiger partial charge in [-0.2, -0.15) is 0 Å². The predicted octanol–water partition coefficient (Wildman–Crippen LogP) is 2.79. The van der Waals surface area contributed by atoms with E-state index in [1.165, 1.54) is 11.0 Å². The van der Waals surface area contributed by atoms with Crippen LogP contribution in [0.25, 0.3) is 0 Å². The Labute approximate surface area is 175 Å². The van der Waals surface area contributed by atoms with Crippen molar-refractivity contribution < 1.29 is 23.1 Å². The first-order valence-electron chi connectivity index (χ1n) is 9.85. The van der Waals surface area contributed by atoms with E-state index in [9.17, 15) is 23.1 Å². The second-order valence-electron chi connectivity index (χ2n) is 8.19. The van der Waals surface area contributed by atoms with Crippen LogP contribution in [0.3, 0.4) is 0 Å². The molecule has 1 unspecified atom stereocenters. The molecule has 30 heavy (non-hydrogen) atoms. The summed E-state index contributed by atoms with van der Waals surface area (Å²) in [6, 6.07) is 9.47. The highest BCUT2D eigenvalue weighted by atomic mass is 32.2. The monoisotopic (exact) mass is 428 g/mol. The van der Waals surface area contributed by atoms with Gasteiger partial charge in [0, 0.05) is 18.7 Å². The van der Waals surface area contributed by atoms with Gasteiger partial charge in [0.1, 0.15) is 15.6 Å². The average molecular weight is 429 g/mol. The third kappa shape index (κ3) is 4.05. The maximum absolute atomic E-state index is 13.4. The number of carbonyl (C=O) groups excluding carboxylic acids is 2. The molecular formula is C22H24N2O5S. The number of carbonyl (C=O) groups is 2. The number of nitrogens with one attached hydrogen (secondary N) is 1. The Bertz CT molecular complexity index is 1140. The minimum Gasteiger partial charge on any atom is -0.508 e. The molecule has 8 heteroatoms. The first-order valence-corrected chi connectivity index (χ1v) is 11.9. The van der Waals surface area contributed by atoms with Crippen molar-refractivity contribution in [2.24, 2.45) is 5.92 Å². The summed E-state index contributed by atoms with van der Waals surface area (Å²) in [5, 5.41) is 12.7. The van der Waals surface area contributed by atoms with Gasteiger partial charge in [0.25, 0.3) is 5.91 Å². The highest BCUT2D eigenvalue weighted by molar-refractivity contribution is 7.90. The summed E-state index contributed by atoms with van der Waals surface area (Å²) in [7, 11) is -3.40. The molecule has 1 saturated carbocycles. The number of anilines is 1. The molecule has 0 bridgehead atoms. The Morgan fingerprint density at radius 2 is 2.00 bits per heavy atom. The van der Waals surface area contributed by atoms with E-state index in [2.05, 4.69) is 5.32 Å². The number of rotatable bonds is 6. The standard InChI is InChI=1S/C22H24N2O5S/c1-13-10-15(8-9-19(13)25)18(12-30(2,28)29)24-11-16-4-3-5-17(20(16)22(24)27)23-21(26)14-6-7-14/h3-5,8-10,14,18,25H,6-7,11-12H2,1-2H3,(H,23,26). The Morgan fingerprint density at radius 3 is 2.63 bits per heavy atom. The minimum absolute atomic E-state index is 0.00594. The third-order valence-electron chi connectivity index (χ3n) is 5.61. The number of aromatic hydroxyl groups is 1. The Morgan fingerprint density at radius 1 is 1.27 bits per heavy atom. The molecule has 0 aromatic heterocycles.